The summed E-state index contributed by atoms with van der Waals surface area (Å²) in [5, 5.41) is -0.330. The molecule has 0 heterocycles. The first-order valence-corrected chi connectivity index (χ1v) is 7.36. The number of hydrogen-bond acceptors (Lipinski definition) is 3. The number of thioether (sulfide) groups is 1. The van der Waals surface area contributed by atoms with E-state index in [2.05, 4.69) is 26.0 Å². The number of ether oxygens (including phenoxy) is 1. The van der Waals surface area contributed by atoms with Crippen LogP contribution in [-0.2, 0) is 9.53 Å². The highest BCUT2D eigenvalue weighted by molar-refractivity contribution is 8.00. The van der Waals surface area contributed by atoms with E-state index in [1.54, 1.807) is 0 Å². The number of rotatable bonds is 4. The number of carbonyl (C=O) groups is 1. The Kier molecular flexibility index (Phi) is 4.85. The van der Waals surface area contributed by atoms with Gasteiger partial charge in [0.2, 0.25) is 0 Å². The fourth-order valence-electron chi connectivity index (χ4n) is 1.91. The Bertz CT molecular complexity index is 593. The van der Waals surface area contributed by atoms with Gasteiger partial charge in [-0.15, -0.1) is 11.8 Å². The van der Waals surface area contributed by atoms with E-state index in [0.717, 1.165) is 10.5 Å². The number of carbonyl (C=O) groups excluding carboxylic acids is 1. The van der Waals surface area contributed by atoms with Gasteiger partial charge in [0.15, 0.2) is 0 Å². The molecule has 0 saturated carbocycles. The van der Waals surface area contributed by atoms with Crippen LogP contribution in [0.3, 0.4) is 0 Å². The van der Waals surface area contributed by atoms with Crippen molar-refractivity contribution in [1.82, 2.24) is 0 Å². The minimum atomic E-state index is -0.330. The summed E-state index contributed by atoms with van der Waals surface area (Å²) in [5.74, 6) is -0.223. The fourth-order valence-corrected chi connectivity index (χ4v) is 3.06. The van der Waals surface area contributed by atoms with Crippen molar-refractivity contribution in [1.29, 1.82) is 0 Å². The van der Waals surface area contributed by atoms with Gasteiger partial charge in [0.25, 0.3) is 0 Å². The summed E-state index contributed by atoms with van der Waals surface area (Å²) in [4.78, 5) is 13.1. The zero-order valence-corrected chi connectivity index (χ0v) is 12.7. The molecule has 20 heavy (non-hydrogen) atoms. The van der Waals surface area contributed by atoms with E-state index in [1.807, 2.05) is 36.4 Å². The molecule has 1 unspecified atom stereocenters. The summed E-state index contributed by atoms with van der Waals surface area (Å²) in [6.07, 6.45) is 0. The van der Waals surface area contributed by atoms with E-state index in [4.69, 9.17) is 4.74 Å². The molecule has 1 atom stereocenters. The Labute approximate surface area is 124 Å². The predicted octanol–water partition coefficient (Wildman–Crippen LogP) is 4.31. The van der Waals surface area contributed by atoms with E-state index >= 15 is 0 Å². The molecule has 0 bridgehead atoms. The molecule has 0 saturated heterocycles. The van der Waals surface area contributed by atoms with Crippen molar-refractivity contribution in [3.05, 3.63) is 65.2 Å². The largest absolute Gasteiger partial charge is 0.468 e. The van der Waals surface area contributed by atoms with Crippen LogP contribution in [0.5, 0.6) is 0 Å². The second kappa shape index (κ2) is 6.62. The third kappa shape index (κ3) is 3.42. The molecule has 2 rings (SSSR count). The maximum Gasteiger partial charge on any atom is 0.323 e. The van der Waals surface area contributed by atoms with Gasteiger partial charge in [-0.1, -0.05) is 36.4 Å². The second-order valence-electron chi connectivity index (χ2n) is 4.68. The zero-order valence-electron chi connectivity index (χ0n) is 11.9. The molecule has 2 aromatic rings. The zero-order chi connectivity index (χ0) is 14.5. The van der Waals surface area contributed by atoms with Crippen LogP contribution in [0.1, 0.15) is 21.9 Å². The summed E-state index contributed by atoms with van der Waals surface area (Å²) in [6, 6.07) is 16.0. The Morgan fingerprint density at radius 1 is 1.05 bits per heavy atom. The summed E-state index contributed by atoms with van der Waals surface area (Å²) in [7, 11) is 1.43. The lowest BCUT2D eigenvalue weighted by atomic mass is 10.1. The number of hydrogen-bond donors (Lipinski definition) is 0. The van der Waals surface area contributed by atoms with E-state index in [1.165, 1.54) is 30.0 Å². The molecule has 0 aromatic heterocycles. The van der Waals surface area contributed by atoms with Crippen LogP contribution in [0.25, 0.3) is 0 Å². The highest BCUT2D eigenvalue weighted by Crippen LogP contribution is 2.36. The number of esters is 1. The van der Waals surface area contributed by atoms with Gasteiger partial charge < -0.3 is 4.74 Å². The van der Waals surface area contributed by atoms with E-state index < -0.39 is 0 Å². The third-order valence-electron chi connectivity index (χ3n) is 3.25. The van der Waals surface area contributed by atoms with Crippen molar-refractivity contribution in [3.63, 3.8) is 0 Å². The van der Waals surface area contributed by atoms with Crippen LogP contribution in [-0.4, -0.2) is 13.1 Å². The lowest BCUT2D eigenvalue weighted by molar-refractivity contribution is -0.140. The van der Waals surface area contributed by atoms with Gasteiger partial charge >= 0.3 is 5.97 Å². The molecule has 0 aliphatic carbocycles. The average Bonchev–Trinajstić information content (AvgIpc) is 2.48. The molecule has 2 nitrogen and oxygen atoms in total. The molecule has 0 N–H and O–H groups in total. The second-order valence-corrected chi connectivity index (χ2v) is 5.86. The highest BCUT2D eigenvalue weighted by Gasteiger charge is 2.22. The predicted molar refractivity (Wildman–Crippen MR) is 83.0 cm³/mol. The van der Waals surface area contributed by atoms with Crippen LogP contribution in [0.2, 0.25) is 0 Å². The van der Waals surface area contributed by atoms with E-state index in [-0.39, 0.29) is 11.2 Å². The van der Waals surface area contributed by atoms with Gasteiger partial charge in [-0.25, -0.2) is 0 Å². The molecule has 0 spiro atoms. The quantitative estimate of drug-likeness (QED) is 0.619. The molecule has 0 fully saturated rings. The van der Waals surface area contributed by atoms with E-state index in [0.29, 0.717) is 0 Å². The Hall–Kier alpha value is -1.74. The summed E-state index contributed by atoms with van der Waals surface area (Å²) in [5.41, 5.74) is 3.44. The van der Waals surface area contributed by atoms with Crippen LogP contribution in [0.4, 0.5) is 0 Å². The molecule has 104 valence electrons. The first-order valence-electron chi connectivity index (χ1n) is 6.48. The Balaban J connectivity index is 2.28. The number of benzene rings is 2. The van der Waals surface area contributed by atoms with Crippen LogP contribution >= 0.6 is 11.8 Å². The molecule has 0 aliphatic rings. The SMILES string of the molecule is COC(=O)C(Sc1ccc(C)c(C)c1)c1ccccc1. The molecule has 2 aromatic carbocycles. The number of aryl methyl sites for hydroxylation is 2. The van der Waals surface area contributed by atoms with Gasteiger partial charge in [-0.2, -0.15) is 0 Å². The molecular formula is C17H18O2S. The lowest BCUT2D eigenvalue weighted by Gasteiger charge is -2.15. The van der Waals surface area contributed by atoms with Crippen LogP contribution in [0.15, 0.2) is 53.4 Å². The topological polar surface area (TPSA) is 26.3 Å². The third-order valence-corrected chi connectivity index (χ3v) is 4.48. The summed E-state index contributed by atoms with van der Waals surface area (Å²) >= 11 is 1.52. The molecule has 0 amide bonds. The van der Waals surface area contributed by atoms with Crippen molar-refractivity contribution >= 4 is 17.7 Å². The van der Waals surface area contributed by atoms with Gasteiger partial charge in [-0.3, -0.25) is 4.79 Å². The molecule has 0 aliphatic heterocycles. The van der Waals surface area contributed by atoms with Gasteiger partial charge in [-0.05, 0) is 42.7 Å². The van der Waals surface area contributed by atoms with Crippen molar-refractivity contribution in [2.24, 2.45) is 0 Å². The standard InChI is InChI=1S/C17H18O2S/c1-12-9-10-15(11-13(12)2)20-16(17(18)19-3)14-7-5-4-6-8-14/h4-11,16H,1-3H3. The maximum atomic E-state index is 12.0. The smallest absolute Gasteiger partial charge is 0.323 e. The fraction of sp³-hybridized carbons (Fsp3) is 0.235. The highest BCUT2D eigenvalue weighted by atomic mass is 32.2. The minimum absolute atomic E-state index is 0.223. The first-order chi connectivity index (χ1) is 9.61. The monoisotopic (exact) mass is 286 g/mol. The molecular weight excluding hydrogens is 268 g/mol. The van der Waals surface area contributed by atoms with Gasteiger partial charge in [0.1, 0.15) is 5.25 Å². The summed E-state index contributed by atoms with van der Waals surface area (Å²) < 4.78 is 4.93. The first kappa shape index (κ1) is 14.7. The average molecular weight is 286 g/mol. The van der Waals surface area contributed by atoms with Gasteiger partial charge in [0.05, 0.1) is 7.11 Å². The minimum Gasteiger partial charge on any atom is -0.468 e. The number of methoxy groups -OCH3 is 1. The van der Waals surface area contributed by atoms with Crippen molar-refractivity contribution in [2.45, 2.75) is 24.0 Å². The Morgan fingerprint density at radius 2 is 1.75 bits per heavy atom. The van der Waals surface area contributed by atoms with Crippen molar-refractivity contribution in [3.8, 4) is 0 Å². The van der Waals surface area contributed by atoms with Gasteiger partial charge in [0, 0.05) is 4.90 Å². The van der Waals surface area contributed by atoms with Crippen molar-refractivity contribution in [2.75, 3.05) is 7.11 Å². The van der Waals surface area contributed by atoms with E-state index in [9.17, 15) is 4.79 Å². The lowest BCUT2D eigenvalue weighted by Crippen LogP contribution is -2.11. The maximum absolute atomic E-state index is 12.0. The normalized spacial score (nSPS) is 11.9. The van der Waals surface area contributed by atoms with Crippen molar-refractivity contribution < 1.29 is 9.53 Å². The molecule has 0 radical (unpaired) electrons. The van der Waals surface area contributed by atoms with Crippen LogP contribution < -0.4 is 0 Å². The van der Waals surface area contributed by atoms with Crippen LogP contribution in [0, 0.1) is 13.8 Å². The summed E-state index contributed by atoms with van der Waals surface area (Å²) in [6.45, 7) is 4.16. The Morgan fingerprint density at radius 3 is 2.35 bits per heavy atom. The molecule has 3 heteroatoms.